The summed E-state index contributed by atoms with van der Waals surface area (Å²) in [5.74, 6) is 0. The van der Waals surface area contributed by atoms with Gasteiger partial charge in [-0.25, -0.2) is 0 Å². The van der Waals surface area contributed by atoms with Crippen LogP contribution in [0, 0.1) is 0 Å². The Balaban J connectivity index is 1.98. The molecular formula is C11H23NO. The largest absolute Gasteiger partial charge is 0.377 e. The molecule has 1 rings (SSSR count). The van der Waals surface area contributed by atoms with Crippen LogP contribution in [0.2, 0.25) is 0 Å². The van der Waals surface area contributed by atoms with E-state index in [1.54, 1.807) is 0 Å². The number of nitrogens with one attached hydrogen (secondary N) is 1. The molecule has 0 unspecified atom stereocenters. The minimum absolute atomic E-state index is 0.557. The molecule has 1 fully saturated rings. The highest BCUT2D eigenvalue weighted by Gasteiger charge is 2.11. The molecule has 2 heteroatoms. The van der Waals surface area contributed by atoms with Gasteiger partial charge in [-0.05, 0) is 19.4 Å². The van der Waals surface area contributed by atoms with Crippen LogP contribution >= 0.6 is 0 Å². The molecule has 0 spiro atoms. The Labute approximate surface area is 82.0 Å². The van der Waals surface area contributed by atoms with E-state index in [-0.39, 0.29) is 0 Å². The minimum Gasteiger partial charge on any atom is -0.377 e. The lowest BCUT2D eigenvalue weighted by atomic mass is 10.1. The van der Waals surface area contributed by atoms with E-state index in [0.717, 1.165) is 19.7 Å². The van der Waals surface area contributed by atoms with Crippen LogP contribution in [0.25, 0.3) is 0 Å². The second kappa shape index (κ2) is 7.34. The lowest BCUT2D eigenvalue weighted by Crippen LogP contribution is -2.22. The summed E-state index contributed by atoms with van der Waals surface area (Å²) in [7, 11) is 0. The van der Waals surface area contributed by atoms with Crippen molar-refractivity contribution in [3.8, 4) is 0 Å². The molecule has 0 aliphatic heterocycles. The molecule has 1 saturated carbocycles. The van der Waals surface area contributed by atoms with Crippen molar-refractivity contribution in [1.82, 2.24) is 5.32 Å². The number of ether oxygens (including phenoxy) is 1. The monoisotopic (exact) mass is 185 g/mol. The average molecular weight is 185 g/mol. The molecule has 1 aliphatic carbocycles. The summed E-state index contributed by atoms with van der Waals surface area (Å²) in [5, 5.41) is 3.28. The molecule has 0 radical (unpaired) electrons. The van der Waals surface area contributed by atoms with E-state index in [9.17, 15) is 0 Å². The highest BCUT2D eigenvalue weighted by molar-refractivity contribution is 4.64. The van der Waals surface area contributed by atoms with Crippen molar-refractivity contribution >= 4 is 0 Å². The molecule has 0 aromatic carbocycles. The van der Waals surface area contributed by atoms with E-state index in [4.69, 9.17) is 4.74 Å². The fourth-order valence-corrected chi connectivity index (χ4v) is 1.88. The number of rotatable bonds is 5. The van der Waals surface area contributed by atoms with Crippen LogP contribution in [-0.2, 0) is 4.74 Å². The Morgan fingerprint density at radius 3 is 2.46 bits per heavy atom. The summed E-state index contributed by atoms with van der Waals surface area (Å²) in [4.78, 5) is 0. The molecule has 0 aromatic heterocycles. The van der Waals surface area contributed by atoms with Crippen LogP contribution < -0.4 is 5.32 Å². The third-order valence-corrected chi connectivity index (χ3v) is 2.68. The molecular weight excluding hydrogens is 162 g/mol. The van der Waals surface area contributed by atoms with Crippen molar-refractivity contribution in [2.75, 3.05) is 19.7 Å². The van der Waals surface area contributed by atoms with Gasteiger partial charge in [0.25, 0.3) is 0 Å². The van der Waals surface area contributed by atoms with Gasteiger partial charge in [0.05, 0.1) is 12.7 Å². The molecule has 78 valence electrons. The van der Waals surface area contributed by atoms with Crippen LogP contribution in [0.1, 0.15) is 45.4 Å². The van der Waals surface area contributed by atoms with E-state index in [1.807, 2.05) is 0 Å². The summed E-state index contributed by atoms with van der Waals surface area (Å²) < 4.78 is 5.80. The van der Waals surface area contributed by atoms with Gasteiger partial charge in [-0.1, -0.05) is 32.6 Å². The third-order valence-electron chi connectivity index (χ3n) is 2.68. The smallest absolute Gasteiger partial charge is 0.0594 e. The third kappa shape index (κ3) is 5.27. The van der Waals surface area contributed by atoms with E-state index in [1.165, 1.54) is 38.5 Å². The number of hydrogen-bond acceptors (Lipinski definition) is 2. The Morgan fingerprint density at radius 2 is 1.85 bits per heavy atom. The second-order valence-corrected chi connectivity index (χ2v) is 3.84. The molecule has 0 heterocycles. The molecule has 0 atom stereocenters. The maximum atomic E-state index is 5.80. The lowest BCUT2D eigenvalue weighted by molar-refractivity contribution is 0.0454. The molecule has 0 saturated heterocycles. The van der Waals surface area contributed by atoms with Gasteiger partial charge < -0.3 is 10.1 Å². The Hall–Kier alpha value is -0.0800. The van der Waals surface area contributed by atoms with Crippen molar-refractivity contribution in [3.63, 3.8) is 0 Å². The first-order chi connectivity index (χ1) is 6.43. The Bertz CT molecular complexity index is 109. The fraction of sp³-hybridized carbons (Fsp3) is 1.00. The van der Waals surface area contributed by atoms with Crippen molar-refractivity contribution in [2.45, 2.75) is 51.6 Å². The van der Waals surface area contributed by atoms with Crippen LogP contribution in [0.15, 0.2) is 0 Å². The normalized spacial score (nSPS) is 20.1. The van der Waals surface area contributed by atoms with Gasteiger partial charge in [0, 0.05) is 6.54 Å². The zero-order chi connectivity index (χ0) is 9.36. The highest BCUT2D eigenvalue weighted by Crippen LogP contribution is 2.19. The van der Waals surface area contributed by atoms with E-state index >= 15 is 0 Å². The summed E-state index contributed by atoms with van der Waals surface area (Å²) in [6.45, 7) is 5.07. The molecule has 1 N–H and O–H groups in total. The molecule has 0 amide bonds. The first kappa shape index (κ1) is 11.0. The number of likely N-dealkylation sites (N-methyl/N-ethyl adjacent to an activating group) is 1. The first-order valence-corrected chi connectivity index (χ1v) is 5.76. The Kier molecular flexibility index (Phi) is 6.21. The summed E-state index contributed by atoms with van der Waals surface area (Å²) >= 11 is 0. The maximum Gasteiger partial charge on any atom is 0.0594 e. The lowest BCUT2D eigenvalue weighted by Gasteiger charge is -2.15. The average Bonchev–Trinajstić information content (AvgIpc) is 2.41. The fourth-order valence-electron chi connectivity index (χ4n) is 1.88. The van der Waals surface area contributed by atoms with E-state index in [2.05, 4.69) is 12.2 Å². The van der Waals surface area contributed by atoms with Gasteiger partial charge in [0.2, 0.25) is 0 Å². The van der Waals surface area contributed by atoms with Crippen molar-refractivity contribution in [2.24, 2.45) is 0 Å². The summed E-state index contributed by atoms with van der Waals surface area (Å²) in [6.07, 6.45) is 8.68. The minimum atomic E-state index is 0.557. The van der Waals surface area contributed by atoms with E-state index in [0.29, 0.717) is 6.10 Å². The first-order valence-electron chi connectivity index (χ1n) is 5.76. The van der Waals surface area contributed by atoms with Crippen molar-refractivity contribution < 1.29 is 4.74 Å². The molecule has 0 aromatic rings. The molecule has 13 heavy (non-hydrogen) atoms. The molecule has 2 nitrogen and oxygen atoms in total. The highest BCUT2D eigenvalue weighted by atomic mass is 16.5. The second-order valence-electron chi connectivity index (χ2n) is 3.84. The Morgan fingerprint density at radius 1 is 1.15 bits per heavy atom. The van der Waals surface area contributed by atoms with Crippen LogP contribution in [0.3, 0.4) is 0 Å². The van der Waals surface area contributed by atoms with Gasteiger partial charge in [-0.15, -0.1) is 0 Å². The standard InChI is InChI=1S/C11H23NO/c1-2-12-9-10-13-11-7-5-3-4-6-8-11/h11-12H,2-10H2,1H3. The molecule has 0 bridgehead atoms. The SMILES string of the molecule is CCNCCOC1CCCCCC1. The predicted molar refractivity (Wildman–Crippen MR) is 56.0 cm³/mol. The quantitative estimate of drug-likeness (QED) is 0.524. The van der Waals surface area contributed by atoms with Gasteiger partial charge >= 0.3 is 0 Å². The van der Waals surface area contributed by atoms with Crippen LogP contribution in [0.5, 0.6) is 0 Å². The maximum absolute atomic E-state index is 5.80. The van der Waals surface area contributed by atoms with Crippen LogP contribution in [0.4, 0.5) is 0 Å². The molecule has 1 aliphatic rings. The summed E-state index contributed by atoms with van der Waals surface area (Å²) in [5.41, 5.74) is 0. The summed E-state index contributed by atoms with van der Waals surface area (Å²) in [6, 6.07) is 0. The van der Waals surface area contributed by atoms with Gasteiger partial charge in [-0.2, -0.15) is 0 Å². The van der Waals surface area contributed by atoms with Gasteiger partial charge in [-0.3, -0.25) is 0 Å². The van der Waals surface area contributed by atoms with Crippen molar-refractivity contribution in [1.29, 1.82) is 0 Å². The van der Waals surface area contributed by atoms with Crippen LogP contribution in [-0.4, -0.2) is 25.8 Å². The zero-order valence-corrected chi connectivity index (χ0v) is 8.85. The predicted octanol–water partition coefficient (Wildman–Crippen LogP) is 2.34. The zero-order valence-electron chi connectivity index (χ0n) is 8.85. The topological polar surface area (TPSA) is 21.3 Å². The van der Waals surface area contributed by atoms with Gasteiger partial charge in [0.1, 0.15) is 0 Å². The van der Waals surface area contributed by atoms with Gasteiger partial charge in [0.15, 0.2) is 0 Å². The van der Waals surface area contributed by atoms with Crippen molar-refractivity contribution in [3.05, 3.63) is 0 Å². The van der Waals surface area contributed by atoms with E-state index < -0.39 is 0 Å². The number of hydrogen-bond donors (Lipinski definition) is 1.